The summed E-state index contributed by atoms with van der Waals surface area (Å²) in [4.78, 5) is 7.87. The van der Waals surface area contributed by atoms with E-state index in [1.54, 1.807) is 0 Å². The van der Waals surface area contributed by atoms with Crippen molar-refractivity contribution < 1.29 is 4.42 Å². The van der Waals surface area contributed by atoms with Gasteiger partial charge in [-0.15, -0.1) is 0 Å². The second-order valence-corrected chi connectivity index (χ2v) is 16.3. The normalized spacial score (nSPS) is 13.0. The summed E-state index contributed by atoms with van der Waals surface area (Å²) in [5.41, 5.74) is 17.2. The number of fused-ring (bicyclic) bond motifs is 10. The number of furan rings is 1. The zero-order chi connectivity index (χ0) is 41.4. The fourth-order valence-corrected chi connectivity index (χ4v) is 9.82. The molecule has 6 nitrogen and oxygen atoms in total. The smallest absolute Gasteiger partial charge is 0.221 e. The van der Waals surface area contributed by atoms with Crippen LogP contribution < -0.4 is 4.90 Å². The summed E-state index contributed by atoms with van der Waals surface area (Å²) < 4.78 is 13.3. The van der Waals surface area contributed by atoms with Gasteiger partial charge in [-0.1, -0.05) is 127 Å². The molecule has 4 heterocycles. The van der Waals surface area contributed by atoms with Crippen molar-refractivity contribution in [1.29, 1.82) is 0 Å². The van der Waals surface area contributed by atoms with Gasteiger partial charge in [-0.2, -0.15) is 0 Å². The molecule has 0 atom stereocenters. The molecule has 63 heavy (non-hydrogen) atoms. The van der Waals surface area contributed by atoms with Crippen molar-refractivity contribution in [3.63, 3.8) is 0 Å². The Bertz CT molecular complexity index is 3770. The number of aromatic nitrogens is 4. The number of imidazole rings is 2. The predicted octanol–water partition coefficient (Wildman–Crippen LogP) is 15.1. The zero-order valence-corrected chi connectivity index (χ0v) is 34.3. The second-order valence-electron chi connectivity index (χ2n) is 16.3. The molecular formula is C57H39N5O. The molecule has 1 aliphatic rings. The average molecular weight is 810 g/mol. The standard InChI is InChI=1S/C57H39N5O/c1-4-15-38(16-5-1)39-27-31-43(32-28-39)59(44-33-29-40(30-34-44)46-23-14-26-53-54(46)48-22-11-13-25-52(48)63-53)45-35-36-50-51(37-45)61(42-19-8-3-9-20-42)57-58-55-47-21-10-12-24-49(47)60(56(55)62(50)57)41-17-6-2-7-18-41/h2-4,6-37H,1,5H2. The minimum absolute atomic E-state index is 0.865. The van der Waals surface area contributed by atoms with E-state index in [4.69, 9.17) is 9.40 Å². The van der Waals surface area contributed by atoms with E-state index in [2.05, 4.69) is 219 Å². The van der Waals surface area contributed by atoms with Crippen molar-refractivity contribution in [2.24, 2.45) is 0 Å². The summed E-state index contributed by atoms with van der Waals surface area (Å²) in [5.74, 6) is 0.865. The van der Waals surface area contributed by atoms with Gasteiger partial charge in [0, 0.05) is 44.6 Å². The van der Waals surface area contributed by atoms with Crippen molar-refractivity contribution in [2.45, 2.75) is 12.8 Å². The van der Waals surface area contributed by atoms with Gasteiger partial charge in [-0.25, -0.2) is 4.98 Å². The van der Waals surface area contributed by atoms with Crippen LogP contribution in [0.3, 0.4) is 0 Å². The van der Waals surface area contributed by atoms with E-state index in [0.29, 0.717) is 0 Å². The summed E-state index contributed by atoms with van der Waals surface area (Å²) in [6.45, 7) is 0. The lowest BCUT2D eigenvalue weighted by Gasteiger charge is -2.26. The number of anilines is 3. The summed E-state index contributed by atoms with van der Waals surface area (Å²) in [5, 5.41) is 3.38. The monoisotopic (exact) mass is 809 g/mol. The highest BCUT2D eigenvalue weighted by Gasteiger charge is 2.25. The van der Waals surface area contributed by atoms with Crippen LogP contribution in [0.15, 0.2) is 217 Å². The molecule has 0 radical (unpaired) electrons. The van der Waals surface area contributed by atoms with E-state index in [-0.39, 0.29) is 0 Å². The first-order valence-corrected chi connectivity index (χ1v) is 21.6. The van der Waals surface area contributed by atoms with E-state index in [1.807, 2.05) is 12.1 Å². The molecule has 0 unspecified atom stereocenters. The Labute approximate surface area is 363 Å². The number of allylic oxidation sites excluding steroid dienone is 4. The summed E-state index contributed by atoms with van der Waals surface area (Å²) >= 11 is 0. The van der Waals surface area contributed by atoms with Gasteiger partial charge in [0.15, 0.2) is 5.65 Å². The van der Waals surface area contributed by atoms with Crippen molar-refractivity contribution in [3.05, 3.63) is 218 Å². The van der Waals surface area contributed by atoms with Crippen LogP contribution in [-0.2, 0) is 0 Å². The predicted molar refractivity (Wildman–Crippen MR) is 260 cm³/mol. The van der Waals surface area contributed by atoms with Crippen molar-refractivity contribution in [3.8, 4) is 22.5 Å². The second kappa shape index (κ2) is 14.1. The number of para-hydroxylation sites is 4. The average Bonchev–Trinajstić information content (AvgIpc) is 4.09. The summed E-state index contributed by atoms with van der Waals surface area (Å²) in [7, 11) is 0. The van der Waals surface area contributed by atoms with Crippen LogP contribution >= 0.6 is 0 Å². The molecule has 0 saturated carbocycles. The van der Waals surface area contributed by atoms with Crippen LogP contribution in [0.2, 0.25) is 0 Å². The van der Waals surface area contributed by atoms with Gasteiger partial charge in [-0.05, 0) is 120 Å². The Morgan fingerprint density at radius 1 is 0.492 bits per heavy atom. The first-order valence-electron chi connectivity index (χ1n) is 21.6. The van der Waals surface area contributed by atoms with E-state index >= 15 is 0 Å². The molecule has 0 fully saturated rings. The highest BCUT2D eigenvalue weighted by molar-refractivity contribution is 6.13. The fraction of sp³-hybridized carbons (Fsp3) is 0.0351. The van der Waals surface area contributed by atoms with Crippen molar-refractivity contribution in [2.75, 3.05) is 4.90 Å². The summed E-state index contributed by atoms with van der Waals surface area (Å²) in [6, 6.07) is 69.3. The zero-order valence-electron chi connectivity index (χ0n) is 34.3. The van der Waals surface area contributed by atoms with Gasteiger partial charge in [0.25, 0.3) is 0 Å². The van der Waals surface area contributed by atoms with E-state index in [9.17, 15) is 0 Å². The Morgan fingerprint density at radius 3 is 1.89 bits per heavy atom. The SMILES string of the molecule is C1=CC(c2ccc(N(c3ccc(-c4cccc5oc6ccccc6c45)cc3)c3ccc4c(c3)n(-c3ccccc3)c3nc5c6ccccc6n(-c6ccccc6)c5n43)cc2)=CCC1. The topological polar surface area (TPSA) is 43.5 Å². The lowest BCUT2D eigenvalue weighted by molar-refractivity contribution is 0.669. The number of nitrogens with zero attached hydrogens (tertiary/aromatic N) is 5. The molecule has 0 spiro atoms. The molecule has 1 aliphatic carbocycles. The molecule has 12 aromatic rings. The number of benzene rings is 8. The highest BCUT2D eigenvalue weighted by Crippen LogP contribution is 2.43. The Kier molecular flexibility index (Phi) is 7.93. The lowest BCUT2D eigenvalue weighted by Crippen LogP contribution is -2.10. The first kappa shape index (κ1) is 35.4. The van der Waals surface area contributed by atoms with Gasteiger partial charge in [0.1, 0.15) is 16.7 Å². The molecule has 298 valence electrons. The van der Waals surface area contributed by atoms with Crippen molar-refractivity contribution >= 4 is 83.5 Å². The quantitative estimate of drug-likeness (QED) is 0.161. The van der Waals surface area contributed by atoms with Crippen LogP contribution in [-0.4, -0.2) is 18.5 Å². The minimum atomic E-state index is 0.865. The van der Waals surface area contributed by atoms with Crippen LogP contribution in [0.25, 0.3) is 88.9 Å². The van der Waals surface area contributed by atoms with Gasteiger partial charge >= 0.3 is 0 Å². The lowest BCUT2D eigenvalue weighted by atomic mass is 9.98. The van der Waals surface area contributed by atoms with E-state index in [1.165, 1.54) is 11.1 Å². The maximum absolute atomic E-state index is 6.28. The van der Waals surface area contributed by atoms with Crippen LogP contribution in [0, 0.1) is 0 Å². The van der Waals surface area contributed by atoms with E-state index in [0.717, 1.165) is 113 Å². The third kappa shape index (κ3) is 5.55. The molecular weight excluding hydrogens is 771 g/mol. The minimum Gasteiger partial charge on any atom is -0.456 e. The van der Waals surface area contributed by atoms with Gasteiger partial charge in [-0.3, -0.25) is 13.5 Å². The third-order valence-electron chi connectivity index (χ3n) is 12.7. The maximum atomic E-state index is 6.28. The third-order valence-corrected chi connectivity index (χ3v) is 12.7. The van der Waals surface area contributed by atoms with Crippen molar-refractivity contribution in [1.82, 2.24) is 18.5 Å². The molecule has 0 bridgehead atoms. The van der Waals surface area contributed by atoms with Crippen LogP contribution in [0.5, 0.6) is 0 Å². The Morgan fingerprint density at radius 2 is 1.14 bits per heavy atom. The van der Waals surface area contributed by atoms with Crippen LogP contribution in [0.4, 0.5) is 17.1 Å². The number of hydrogen-bond donors (Lipinski definition) is 0. The molecule has 8 aromatic carbocycles. The molecule has 13 rings (SSSR count). The first-order chi connectivity index (χ1) is 31.3. The fourth-order valence-electron chi connectivity index (χ4n) is 9.82. The highest BCUT2D eigenvalue weighted by atomic mass is 16.3. The number of hydrogen-bond acceptors (Lipinski definition) is 3. The molecule has 4 aromatic heterocycles. The van der Waals surface area contributed by atoms with Gasteiger partial charge in [0.2, 0.25) is 5.78 Å². The Balaban J connectivity index is 1.03. The van der Waals surface area contributed by atoms with Crippen LogP contribution in [0.1, 0.15) is 18.4 Å². The maximum Gasteiger partial charge on any atom is 0.221 e. The number of rotatable bonds is 7. The van der Waals surface area contributed by atoms with Gasteiger partial charge in [0.05, 0.1) is 16.6 Å². The molecule has 0 amide bonds. The Hall–Kier alpha value is -8.35. The van der Waals surface area contributed by atoms with Gasteiger partial charge < -0.3 is 9.32 Å². The van der Waals surface area contributed by atoms with E-state index < -0.39 is 0 Å². The molecule has 0 saturated heterocycles. The molecule has 6 heteroatoms. The summed E-state index contributed by atoms with van der Waals surface area (Å²) in [6.07, 6.45) is 9.01. The molecule has 0 aliphatic heterocycles. The molecule has 0 N–H and O–H groups in total. The largest absolute Gasteiger partial charge is 0.456 e.